The van der Waals surface area contributed by atoms with Gasteiger partial charge in [0.15, 0.2) is 0 Å². The molecule has 1 saturated carbocycles. The predicted octanol–water partition coefficient (Wildman–Crippen LogP) is 3.91. The molecule has 1 fully saturated rings. The quantitative estimate of drug-likeness (QED) is 0.621. The second-order valence-electron chi connectivity index (χ2n) is 8.37. The van der Waals surface area contributed by atoms with Crippen LogP contribution in [0.2, 0.25) is 5.04 Å². The van der Waals surface area contributed by atoms with Crippen molar-refractivity contribution in [2.45, 2.75) is 51.0 Å². The lowest BCUT2D eigenvalue weighted by Gasteiger charge is -2.44. The van der Waals surface area contributed by atoms with Gasteiger partial charge >= 0.3 is 0 Å². The van der Waals surface area contributed by atoms with E-state index in [9.17, 15) is 9.59 Å². The minimum atomic E-state index is -2.97. The van der Waals surface area contributed by atoms with E-state index in [1.54, 1.807) is 0 Å². The monoisotopic (exact) mass is 366 g/mol. The molecule has 0 saturated heterocycles. The van der Waals surface area contributed by atoms with Crippen LogP contribution >= 0.6 is 0 Å². The van der Waals surface area contributed by atoms with Crippen LogP contribution in [-0.2, 0) is 4.79 Å². The Morgan fingerprint density at radius 3 is 1.96 bits per heavy atom. The number of benzene rings is 2. The van der Waals surface area contributed by atoms with Crippen LogP contribution in [0.25, 0.3) is 0 Å². The van der Waals surface area contributed by atoms with Crippen molar-refractivity contribution in [3.8, 4) is 0 Å². The molecule has 138 valence electrons. The van der Waals surface area contributed by atoms with Crippen LogP contribution < -0.4 is 10.4 Å². The summed E-state index contributed by atoms with van der Waals surface area (Å²) in [5.74, 6) is 0.524. The zero-order chi connectivity index (χ0) is 18.6. The van der Waals surface area contributed by atoms with Gasteiger partial charge in [-0.25, -0.2) is 0 Å². The first-order valence-corrected chi connectivity index (χ1v) is 11.7. The van der Waals surface area contributed by atoms with E-state index < -0.39 is 8.32 Å². The summed E-state index contributed by atoms with van der Waals surface area (Å²) >= 11 is 0. The van der Waals surface area contributed by atoms with Crippen LogP contribution in [0.15, 0.2) is 60.7 Å². The van der Waals surface area contributed by atoms with Crippen LogP contribution in [0.3, 0.4) is 0 Å². The summed E-state index contributed by atoms with van der Waals surface area (Å²) in [6.45, 7) is 4.41. The topological polar surface area (TPSA) is 37.3 Å². The van der Waals surface area contributed by atoms with Gasteiger partial charge in [-0.3, -0.25) is 0 Å². The first kappa shape index (κ1) is 19.1. The van der Waals surface area contributed by atoms with E-state index in [2.05, 4.69) is 38.1 Å². The summed E-state index contributed by atoms with van der Waals surface area (Å²) in [5, 5.41) is 1.84. The first-order valence-electron chi connectivity index (χ1n) is 9.78. The molecule has 2 atom stereocenters. The minimum absolute atomic E-state index is 0.146. The molecule has 0 unspecified atom stereocenters. The molecule has 1 aliphatic rings. The standard InChI is InChI=1S/C23H30O2Si/c1-23(2,17-19-11-9-10-12-20(19)18-24)26(25,21-13-5-3-6-14-21)22-15-7-4-8-16-22/h3-8,13-16,18-20,25H,9-12,17H2,1-2H3/t19-,20+/m1/s1. The molecule has 0 spiro atoms. The van der Waals surface area contributed by atoms with Crippen LogP contribution in [0, 0.1) is 11.8 Å². The third-order valence-electron chi connectivity index (χ3n) is 6.28. The fourth-order valence-electron chi connectivity index (χ4n) is 4.78. The average molecular weight is 367 g/mol. The van der Waals surface area contributed by atoms with Crippen molar-refractivity contribution < 1.29 is 9.59 Å². The van der Waals surface area contributed by atoms with Gasteiger partial charge in [-0.05, 0) is 40.6 Å². The van der Waals surface area contributed by atoms with Crippen LogP contribution in [-0.4, -0.2) is 19.4 Å². The number of hydrogen-bond acceptors (Lipinski definition) is 2. The molecule has 2 aromatic rings. The van der Waals surface area contributed by atoms with Crippen LogP contribution in [0.4, 0.5) is 0 Å². The summed E-state index contributed by atoms with van der Waals surface area (Å²) in [6.07, 6.45) is 6.50. The first-order chi connectivity index (χ1) is 12.5. The molecular formula is C23H30O2Si. The Bertz CT molecular complexity index is 672. The van der Waals surface area contributed by atoms with E-state index in [1.807, 2.05) is 36.4 Å². The smallest absolute Gasteiger partial charge is 0.258 e. The predicted molar refractivity (Wildman–Crippen MR) is 110 cm³/mol. The fraction of sp³-hybridized carbons (Fsp3) is 0.435. The summed E-state index contributed by atoms with van der Waals surface area (Å²) in [5.41, 5.74) is 0. The molecule has 1 aliphatic carbocycles. The van der Waals surface area contributed by atoms with Crippen molar-refractivity contribution in [3.05, 3.63) is 60.7 Å². The van der Waals surface area contributed by atoms with Crippen molar-refractivity contribution in [2.24, 2.45) is 11.8 Å². The highest BCUT2D eigenvalue weighted by atomic mass is 28.4. The van der Waals surface area contributed by atoms with Crippen molar-refractivity contribution in [2.75, 3.05) is 0 Å². The Labute approximate surface area is 158 Å². The summed E-state index contributed by atoms with van der Waals surface area (Å²) < 4.78 is 0. The van der Waals surface area contributed by atoms with Crippen molar-refractivity contribution in [1.82, 2.24) is 0 Å². The zero-order valence-electron chi connectivity index (χ0n) is 15.9. The molecule has 3 rings (SSSR count). The molecule has 2 nitrogen and oxygen atoms in total. The van der Waals surface area contributed by atoms with Crippen molar-refractivity contribution >= 4 is 25.0 Å². The minimum Gasteiger partial charge on any atom is -0.424 e. The Kier molecular flexibility index (Phi) is 5.78. The van der Waals surface area contributed by atoms with E-state index in [0.717, 1.165) is 42.3 Å². The van der Waals surface area contributed by atoms with Gasteiger partial charge in [-0.1, -0.05) is 87.4 Å². The second-order valence-corrected chi connectivity index (χ2v) is 12.3. The summed E-state index contributed by atoms with van der Waals surface area (Å²) in [4.78, 5) is 23.8. The fourth-order valence-corrected chi connectivity index (χ4v) is 8.58. The maximum Gasteiger partial charge on any atom is 0.258 e. The van der Waals surface area contributed by atoms with Gasteiger partial charge < -0.3 is 9.59 Å². The third kappa shape index (κ3) is 3.56. The highest BCUT2D eigenvalue weighted by Crippen LogP contribution is 2.46. The van der Waals surface area contributed by atoms with E-state index in [0.29, 0.717) is 5.92 Å². The largest absolute Gasteiger partial charge is 0.424 e. The SMILES string of the molecule is CC(C)(C[C@H]1CCCC[C@H]1C=O)[Si](O)(c1ccccc1)c1ccccc1. The molecule has 0 bridgehead atoms. The van der Waals surface area contributed by atoms with E-state index in [-0.39, 0.29) is 11.0 Å². The molecule has 2 aromatic carbocycles. The lowest BCUT2D eigenvalue weighted by molar-refractivity contribution is -0.113. The van der Waals surface area contributed by atoms with Gasteiger partial charge in [0.05, 0.1) is 0 Å². The normalized spacial score (nSPS) is 21.3. The molecular weight excluding hydrogens is 336 g/mol. The Hall–Kier alpha value is -1.71. The number of carbonyl (C=O) groups is 1. The number of carbonyl (C=O) groups excluding carboxylic acids is 1. The lowest BCUT2D eigenvalue weighted by Crippen LogP contribution is -2.65. The maximum atomic E-state index is 12.2. The summed E-state index contributed by atoms with van der Waals surface area (Å²) in [7, 11) is -2.97. The highest BCUT2D eigenvalue weighted by Gasteiger charge is 2.51. The van der Waals surface area contributed by atoms with Gasteiger partial charge in [-0.15, -0.1) is 0 Å². The van der Waals surface area contributed by atoms with Gasteiger partial charge in [0, 0.05) is 5.92 Å². The Balaban J connectivity index is 2.02. The zero-order valence-corrected chi connectivity index (χ0v) is 16.9. The average Bonchev–Trinajstić information content (AvgIpc) is 2.68. The molecule has 0 aromatic heterocycles. The van der Waals surface area contributed by atoms with Gasteiger partial charge in [0.2, 0.25) is 0 Å². The second kappa shape index (κ2) is 7.89. The highest BCUT2D eigenvalue weighted by molar-refractivity contribution is 6.98. The molecule has 0 aliphatic heterocycles. The van der Waals surface area contributed by atoms with E-state index in [4.69, 9.17) is 0 Å². The Morgan fingerprint density at radius 1 is 0.962 bits per heavy atom. The Morgan fingerprint density at radius 2 is 1.46 bits per heavy atom. The molecule has 1 N–H and O–H groups in total. The number of aldehydes is 1. The molecule has 0 radical (unpaired) electrons. The number of hydrogen-bond donors (Lipinski definition) is 1. The summed E-state index contributed by atoms with van der Waals surface area (Å²) in [6, 6.07) is 20.3. The van der Waals surface area contributed by atoms with E-state index in [1.165, 1.54) is 6.42 Å². The lowest BCUT2D eigenvalue weighted by atomic mass is 9.76. The third-order valence-corrected chi connectivity index (χ3v) is 10.8. The van der Waals surface area contributed by atoms with Crippen molar-refractivity contribution in [1.29, 1.82) is 0 Å². The maximum absolute atomic E-state index is 12.2. The van der Waals surface area contributed by atoms with Crippen LogP contribution in [0.5, 0.6) is 0 Å². The van der Waals surface area contributed by atoms with E-state index >= 15 is 0 Å². The van der Waals surface area contributed by atoms with Gasteiger partial charge in [-0.2, -0.15) is 0 Å². The van der Waals surface area contributed by atoms with Gasteiger partial charge in [0.1, 0.15) is 6.29 Å². The number of rotatable bonds is 6. The van der Waals surface area contributed by atoms with Crippen molar-refractivity contribution in [3.63, 3.8) is 0 Å². The molecule has 0 amide bonds. The van der Waals surface area contributed by atoms with Crippen LogP contribution in [0.1, 0.15) is 46.0 Å². The molecule has 0 heterocycles. The van der Waals surface area contributed by atoms with Gasteiger partial charge in [0.25, 0.3) is 8.32 Å². The molecule has 26 heavy (non-hydrogen) atoms. The molecule has 3 heteroatoms.